The molecule has 2 heterocycles. The molecule has 0 saturated carbocycles. The highest BCUT2D eigenvalue weighted by Gasteiger charge is 2.12. The maximum absolute atomic E-state index is 12.4. The largest absolute Gasteiger partial charge is 0.436 e. The van der Waals surface area contributed by atoms with Crippen LogP contribution in [0.4, 0.5) is 5.69 Å². The SMILES string of the molecule is O=C(Nc1ccc2oc(-c3cccnc3)nc2c1)c1cc(Cl)cc(Cl)c1. The lowest BCUT2D eigenvalue weighted by Crippen LogP contribution is -2.11. The van der Waals surface area contributed by atoms with Gasteiger partial charge in [0.1, 0.15) is 5.52 Å². The maximum atomic E-state index is 12.4. The Bertz CT molecular complexity index is 1090. The summed E-state index contributed by atoms with van der Waals surface area (Å²) in [5.74, 6) is 0.155. The number of halogens is 2. The highest BCUT2D eigenvalue weighted by molar-refractivity contribution is 6.35. The lowest BCUT2D eigenvalue weighted by atomic mass is 10.2. The molecule has 4 aromatic rings. The predicted molar refractivity (Wildman–Crippen MR) is 102 cm³/mol. The van der Waals surface area contributed by atoms with E-state index in [4.69, 9.17) is 27.6 Å². The van der Waals surface area contributed by atoms with Crippen molar-refractivity contribution in [3.63, 3.8) is 0 Å². The van der Waals surface area contributed by atoms with Gasteiger partial charge in [-0.25, -0.2) is 4.98 Å². The number of amides is 1. The van der Waals surface area contributed by atoms with E-state index in [1.165, 1.54) is 0 Å². The smallest absolute Gasteiger partial charge is 0.255 e. The van der Waals surface area contributed by atoms with Crippen LogP contribution in [-0.4, -0.2) is 15.9 Å². The van der Waals surface area contributed by atoms with Gasteiger partial charge in [-0.05, 0) is 48.5 Å². The standard InChI is InChI=1S/C19H11Cl2N3O2/c20-13-6-12(7-14(21)8-13)18(25)23-15-3-4-17-16(9-15)24-19(26-17)11-2-1-5-22-10-11/h1-10H,(H,23,25). The number of carbonyl (C=O) groups excluding carboxylic acids is 1. The molecule has 0 aliphatic carbocycles. The summed E-state index contributed by atoms with van der Waals surface area (Å²) in [4.78, 5) is 20.9. The molecule has 0 spiro atoms. The molecular weight excluding hydrogens is 373 g/mol. The molecule has 0 bridgehead atoms. The molecule has 0 unspecified atom stereocenters. The van der Waals surface area contributed by atoms with E-state index in [1.54, 1.807) is 48.8 Å². The molecule has 0 radical (unpaired) electrons. The molecule has 1 N–H and O–H groups in total. The van der Waals surface area contributed by atoms with Gasteiger partial charge in [-0.2, -0.15) is 0 Å². The summed E-state index contributed by atoms with van der Waals surface area (Å²) in [7, 11) is 0. The fraction of sp³-hybridized carbons (Fsp3) is 0. The number of aromatic nitrogens is 2. The minimum absolute atomic E-state index is 0.315. The predicted octanol–water partition coefficient (Wildman–Crippen LogP) is 5.45. The molecule has 26 heavy (non-hydrogen) atoms. The molecular formula is C19H11Cl2N3O2. The van der Waals surface area contributed by atoms with Gasteiger partial charge in [0.2, 0.25) is 5.89 Å². The number of carbonyl (C=O) groups is 1. The second-order valence-corrected chi connectivity index (χ2v) is 6.43. The van der Waals surface area contributed by atoms with Crippen molar-refractivity contribution in [2.24, 2.45) is 0 Å². The maximum Gasteiger partial charge on any atom is 0.255 e. The molecule has 4 rings (SSSR count). The number of fused-ring (bicyclic) bond motifs is 1. The Morgan fingerprint density at radius 2 is 1.85 bits per heavy atom. The average molecular weight is 384 g/mol. The monoisotopic (exact) mass is 383 g/mol. The minimum atomic E-state index is -0.315. The van der Waals surface area contributed by atoms with Crippen LogP contribution in [0.3, 0.4) is 0 Å². The van der Waals surface area contributed by atoms with Crippen molar-refractivity contribution in [2.75, 3.05) is 5.32 Å². The number of benzene rings is 2. The Morgan fingerprint density at radius 3 is 2.58 bits per heavy atom. The average Bonchev–Trinajstić information content (AvgIpc) is 3.05. The number of hydrogen-bond acceptors (Lipinski definition) is 4. The number of pyridine rings is 1. The van der Waals surface area contributed by atoms with Gasteiger partial charge in [0, 0.05) is 33.7 Å². The third-order valence-electron chi connectivity index (χ3n) is 3.68. The van der Waals surface area contributed by atoms with E-state index in [1.807, 2.05) is 12.1 Å². The number of anilines is 1. The zero-order valence-corrected chi connectivity index (χ0v) is 14.8. The zero-order valence-electron chi connectivity index (χ0n) is 13.2. The van der Waals surface area contributed by atoms with Crippen LogP contribution in [0.15, 0.2) is 65.3 Å². The fourth-order valence-electron chi connectivity index (χ4n) is 2.51. The van der Waals surface area contributed by atoms with Crippen molar-refractivity contribution >= 4 is 45.9 Å². The normalized spacial score (nSPS) is 10.8. The molecule has 0 aliphatic rings. The van der Waals surface area contributed by atoms with Gasteiger partial charge in [-0.15, -0.1) is 0 Å². The van der Waals surface area contributed by atoms with E-state index in [0.29, 0.717) is 38.3 Å². The first-order valence-corrected chi connectivity index (χ1v) is 8.42. The number of nitrogens with one attached hydrogen (secondary N) is 1. The topological polar surface area (TPSA) is 68.0 Å². The quantitative estimate of drug-likeness (QED) is 0.510. The fourth-order valence-corrected chi connectivity index (χ4v) is 3.03. The number of nitrogens with zero attached hydrogens (tertiary/aromatic N) is 2. The van der Waals surface area contributed by atoms with Crippen LogP contribution >= 0.6 is 23.2 Å². The molecule has 0 fully saturated rings. The number of rotatable bonds is 3. The number of oxazole rings is 1. The summed E-state index contributed by atoms with van der Waals surface area (Å²) in [6.07, 6.45) is 3.36. The van der Waals surface area contributed by atoms with Crippen molar-refractivity contribution < 1.29 is 9.21 Å². The van der Waals surface area contributed by atoms with Crippen molar-refractivity contribution in [3.05, 3.63) is 76.5 Å². The second-order valence-electron chi connectivity index (χ2n) is 5.56. The van der Waals surface area contributed by atoms with E-state index in [-0.39, 0.29) is 5.91 Å². The Hall–Kier alpha value is -2.89. The summed E-state index contributed by atoms with van der Waals surface area (Å²) in [6.45, 7) is 0. The van der Waals surface area contributed by atoms with Crippen LogP contribution in [0, 0.1) is 0 Å². The van der Waals surface area contributed by atoms with Gasteiger partial charge in [0.25, 0.3) is 5.91 Å². The summed E-state index contributed by atoms with van der Waals surface area (Å²) < 4.78 is 5.73. The van der Waals surface area contributed by atoms with E-state index in [2.05, 4.69) is 15.3 Å². The van der Waals surface area contributed by atoms with Crippen molar-refractivity contribution in [2.45, 2.75) is 0 Å². The van der Waals surface area contributed by atoms with Gasteiger partial charge < -0.3 is 9.73 Å². The number of hydrogen-bond donors (Lipinski definition) is 1. The minimum Gasteiger partial charge on any atom is -0.436 e. The van der Waals surface area contributed by atoms with Crippen molar-refractivity contribution in [1.82, 2.24) is 9.97 Å². The van der Waals surface area contributed by atoms with Gasteiger partial charge in [-0.1, -0.05) is 23.2 Å². The first-order valence-electron chi connectivity index (χ1n) is 7.67. The molecule has 0 aliphatic heterocycles. The summed E-state index contributed by atoms with van der Waals surface area (Å²) in [5.41, 5.74) is 2.99. The second kappa shape index (κ2) is 6.78. The van der Waals surface area contributed by atoms with Crippen LogP contribution in [0.5, 0.6) is 0 Å². The highest BCUT2D eigenvalue weighted by atomic mass is 35.5. The molecule has 2 aromatic heterocycles. The van der Waals surface area contributed by atoms with Gasteiger partial charge in [-0.3, -0.25) is 9.78 Å². The summed E-state index contributed by atoms with van der Waals surface area (Å²) >= 11 is 11.9. The van der Waals surface area contributed by atoms with Crippen LogP contribution in [0.25, 0.3) is 22.6 Å². The Balaban J connectivity index is 1.62. The van der Waals surface area contributed by atoms with E-state index >= 15 is 0 Å². The van der Waals surface area contributed by atoms with Crippen molar-refractivity contribution in [1.29, 1.82) is 0 Å². The Labute approximate surface area is 158 Å². The Morgan fingerprint density at radius 1 is 1.04 bits per heavy atom. The van der Waals surface area contributed by atoms with E-state index in [0.717, 1.165) is 5.56 Å². The lowest BCUT2D eigenvalue weighted by molar-refractivity contribution is 0.102. The van der Waals surface area contributed by atoms with E-state index in [9.17, 15) is 4.79 Å². The van der Waals surface area contributed by atoms with Gasteiger partial charge >= 0.3 is 0 Å². The first-order chi connectivity index (χ1) is 12.6. The third kappa shape index (κ3) is 3.40. The van der Waals surface area contributed by atoms with Crippen LogP contribution in [-0.2, 0) is 0 Å². The van der Waals surface area contributed by atoms with Gasteiger partial charge in [0.15, 0.2) is 5.58 Å². The van der Waals surface area contributed by atoms with Crippen LogP contribution in [0.1, 0.15) is 10.4 Å². The molecule has 5 nitrogen and oxygen atoms in total. The van der Waals surface area contributed by atoms with E-state index < -0.39 is 0 Å². The molecule has 1 amide bonds. The van der Waals surface area contributed by atoms with Crippen LogP contribution in [0.2, 0.25) is 10.0 Å². The molecule has 7 heteroatoms. The zero-order chi connectivity index (χ0) is 18.1. The van der Waals surface area contributed by atoms with Crippen molar-refractivity contribution in [3.8, 4) is 11.5 Å². The van der Waals surface area contributed by atoms with Crippen LogP contribution < -0.4 is 5.32 Å². The first kappa shape index (κ1) is 16.6. The highest BCUT2D eigenvalue weighted by Crippen LogP contribution is 2.26. The lowest BCUT2D eigenvalue weighted by Gasteiger charge is -2.06. The molecule has 0 atom stereocenters. The summed E-state index contributed by atoms with van der Waals surface area (Å²) in [6, 6.07) is 13.6. The molecule has 0 saturated heterocycles. The Kier molecular flexibility index (Phi) is 4.32. The van der Waals surface area contributed by atoms with Gasteiger partial charge in [0.05, 0.1) is 5.56 Å². The summed E-state index contributed by atoms with van der Waals surface area (Å²) in [5, 5.41) is 3.60. The molecule has 2 aromatic carbocycles. The third-order valence-corrected chi connectivity index (χ3v) is 4.12. The molecule has 128 valence electrons.